The third-order valence-electron chi connectivity index (χ3n) is 3.15. The van der Waals surface area contributed by atoms with Gasteiger partial charge in [-0.25, -0.2) is 0 Å². The molecule has 0 fully saturated rings. The summed E-state index contributed by atoms with van der Waals surface area (Å²) < 4.78 is 3.37. The lowest BCUT2D eigenvalue weighted by atomic mass is 10.2. The highest BCUT2D eigenvalue weighted by Gasteiger charge is 2.12. The van der Waals surface area contributed by atoms with Gasteiger partial charge in [-0.15, -0.1) is 0 Å². The number of hydrogen-bond acceptors (Lipinski definition) is 3. The van der Waals surface area contributed by atoms with Gasteiger partial charge in [0.2, 0.25) is 0 Å². The second-order valence-electron chi connectivity index (χ2n) is 4.28. The fourth-order valence-electron chi connectivity index (χ4n) is 1.91. The van der Waals surface area contributed by atoms with E-state index in [0.29, 0.717) is 11.5 Å². The van der Waals surface area contributed by atoms with Gasteiger partial charge in [-0.2, -0.15) is 5.10 Å². The number of hydrogen-bond donors (Lipinski definition) is 1. The molecule has 1 N–H and O–H groups in total. The van der Waals surface area contributed by atoms with Crippen molar-refractivity contribution in [3.8, 4) is 5.82 Å². The number of rotatable bonds is 3. The largest absolute Gasteiger partial charge is 0.381 e. The van der Waals surface area contributed by atoms with Crippen LogP contribution in [0.15, 0.2) is 23.1 Å². The zero-order chi connectivity index (χ0) is 13.3. The van der Waals surface area contributed by atoms with Crippen LogP contribution in [0.3, 0.4) is 0 Å². The Labute approximate surface area is 106 Å². The Kier molecular flexibility index (Phi) is 3.23. The van der Waals surface area contributed by atoms with Crippen molar-refractivity contribution in [2.75, 3.05) is 11.9 Å². The highest BCUT2D eigenvalue weighted by Crippen LogP contribution is 2.14. The molecule has 0 aliphatic carbocycles. The van der Waals surface area contributed by atoms with Crippen LogP contribution >= 0.6 is 0 Å². The molecule has 2 rings (SSSR count). The van der Waals surface area contributed by atoms with Crippen LogP contribution in [0.25, 0.3) is 5.82 Å². The molecular formula is C13H18N4O. The van der Waals surface area contributed by atoms with Gasteiger partial charge in [0.1, 0.15) is 5.69 Å². The molecule has 0 bridgehead atoms. The molecule has 5 heteroatoms. The number of pyridine rings is 1. The Bertz CT molecular complexity index is 624. The maximum atomic E-state index is 12.3. The van der Waals surface area contributed by atoms with E-state index < -0.39 is 0 Å². The van der Waals surface area contributed by atoms with Gasteiger partial charge in [-0.1, -0.05) is 0 Å². The third kappa shape index (κ3) is 1.92. The highest BCUT2D eigenvalue weighted by molar-refractivity contribution is 5.44. The molecule has 2 heterocycles. The number of aromatic nitrogens is 3. The van der Waals surface area contributed by atoms with Gasteiger partial charge in [0.05, 0.1) is 0 Å². The van der Waals surface area contributed by atoms with Crippen molar-refractivity contribution in [1.29, 1.82) is 0 Å². The van der Waals surface area contributed by atoms with Crippen LogP contribution in [-0.2, 0) is 7.05 Å². The number of anilines is 1. The smallest absolute Gasteiger partial charge is 0.279 e. The van der Waals surface area contributed by atoms with E-state index in [2.05, 4.69) is 10.4 Å². The topological polar surface area (TPSA) is 51.9 Å². The van der Waals surface area contributed by atoms with Crippen LogP contribution in [-0.4, -0.2) is 20.9 Å². The lowest BCUT2D eigenvalue weighted by molar-refractivity contribution is 0.724. The number of nitrogens with one attached hydrogen (secondary N) is 1. The van der Waals surface area contributed by atoms with Crippen molar-refractivity contribution in [2.24, 2.45) is 7.05 Å². The van der Waals surface area contributed by atoms with E-state index in [4.69, 9.17) is 0 Å². The molecule has 0 atom stereocenters. The van der Waals surface area contributed by atoms with Crippen LogP contribution in [0.5, 0.6) is 0 Å². The molecule has 5 nitrogen and oxygen atoms in total. The molecule has 0 spiro atoms. The van der Waals surface area contributed by atoms with Crippen LogP contribution in [0.1, 0.15) is 18.2 Å². The predicted octanol–water partition coefficient (Wildman–Crippen LogP) is 1.62. The molecular weight excluding hydrogens is 228 g/mol. The average molecular weight is 246 g/mol. The van der Waals surface area contributed by atoms with E-state index in [-0.39, 0.29) is 5.56 Å². The van der Waals surface area contributed by atoms with Crippen molar-refractivity contribution >= 4 is 5.69 Å². The first-order valence-electron chi connectivity index (χ1n) is 6.02. The maximum absolute atomic E-state index is 12.3. The van der Waals surface area contributed by atoms with E-state index in [1.807, 2.05) is 33.9 Å². The van der Waals surface area contributed by atoms with E-state index in [1.165, 1.54) is 0 Å². The first-order chi connectivity index (χ1) is 8.56. The Balaban J connectivity index is 2.61. The van der Waals surface area contributed by atoms with Gasteiger partial charge in [0.15, 0.2) is 5.82 Å². The fourth-order valence-corrected chi connectivity index (χ4v) is 1.91. The summed E-state index contributed by atoms with van der Waals surface area (Å²) in [7, 11) is 1.88. The van der Waals surface area contributed by atoms with Crippen LogP contribution in [0.2, 0.25) is 0 Å². The summed E-state index contributed by atoms with van der Waals surface area (Å²) in [5.41, 5.74) is 2.61. The quantitative estimate of drug-likeness (QED) is 0.895. The van der Waals surface area contributed by atoms with Crippen molar-refractivity contribution in [3.63, 3.8) is 0 Å². The van der Waals surface area contributed by atoms with Gasteiger partial charge in [0, 0.05) is 31.0 Å². The van der Waals surface area contributed by atoms with Gasteiger partial charge >= 0.3 is 0 Å². The van der Waals surface area contributed by atoms with Gasteiger partial charge in [0.25, 0.3) is 5.56 Å². The Hall–Kier alpha value is -2.04. The molecule has 0 aliphatic rings. The second-order valence-corrected chi connectivity index (χ2v) is 4.28. The molecule has 2 aromatic heterocycles. The Morgan fingerprint density at radius 2 is 2.11 bits per heavy atom. The molecule has 0 radical (unpaired) electrons. The summed E-state index contributed by atoms with van der Waals surface area (Å²) in [6, 6.07) is 3.64. The third-order valence-corrected chi connectivity index (χ3v) is 3.15. The molecule has 2 aromatic rings. The van der Waals surface area contributed by atoms with Crippen molar-refractivity contribution < 1.29 is 0 Å². The highest BCUT2D eigenvalue weighted by atomic mass is 16.1. The molecule has 0 amide bonds. The number of aryl methyl sites for hydroxylation is 1. The Morgan fingerprint density at radius 3 is 2.67 bits per heavy atom. The summed E-state index contributed by atoms with van der Waals surface area (Å²) >= 11 is 0. The molecule has 18 heavy (non-hydrogen) atoms. The fraction of sp³-hybridized carbons (Fsp3) is 0.385. The SMILES string of the molecule is CCNc1cccn(-c2nn(C)c(C)c2C)c1=O. The summed E-state index contributed by atoms with van der Waals surface area (Å²) in [6.45, 7) is 6.65. The molecule has 0 aliphatic heterocycles. The summed E-state index contributed by atoms with van der Waals surface area (Å²) in [4.78, 5) is 12.3. The van der Waals surface area contributed by atoms with Crippen molar-refractivity contribution in [1.82, 2.24) is 14.3 Å². The predicted molar refractivity (Wildman–Crippen MR) is 72.4 cm³/mol. The monoisotopic (exact) mass is 246 g/mol. The zero-order valence-electron chi connectivity index (χ0n) is 11.2. The minimum absolute atomic E-state index is 0.0689. The van der Waals surface area contributed by atoms with E-state index in [1.54, 1.807) is 21.5 Å². The summed E-state index contributed by atoms with van der Waals surface area (Å²) in [5.74, 6) is 0.694. The van der Waals surface area contributed by atoms with Crippen LogP contribution in [0.4, 0.5) is 5.69 Å². The lowest BCUT2D eigenvalue weighted by Gasteiger charge is -2.07. The minimum atomic E-state index is -0.0689. The molecule has 0 saturated heterocycles. The van der Waals surface area contributed by atoms with E-state index >= 15 is 0 Å². The molecule has 0 saturated carbocycles. The second kappa shape index (κ2) is 4.68. The molecule has 96 valence electrons. The maximum Gasteiger partial charge on any atom is 0.279 e. The normalized spacial score (nSPS) is 10.7. The minimum Gasteiger partial charge on any atom is -0.381 e. The van der Waals surface area contributed by atoms with Crippen LogP contribution < -0.4 is 10.9 Å². The standard InChI is InChI=1S/C13H18N4O/c1-5-14-11-7-6-8-17(13(11)18)12-9(2)10(3)16(4)15-12/h6-8,14H,5H2,1-4H3. The first-order valence-corrected chi connectivity index (χ1v) is 6.02. The van der Waals surface area contributed by atoms with E-state index in [0.717, 1.165) is 17.8 Å². The molecule has 0 unspecified atom stereocenters. The van der Waals surface area contributed by atoms with Crippen molar-refractivity contribution in [3.05, 3.63) is 39.9 Å². The zero-order valence-corrected chi connectivity index (χ0v) is 11.2. The first kappa shape index (κ1) is 12.4. The van der Waals surface area contributed by atoms with Crippen molar-refractivity contribution in [2.45, 2.75) is 20.8 Å². The van der Waals surface area contributed by atoms with Gasteiger partial charge in [-0.3, -0.25) is 14.0 Å². The lowest BCUT2D eigenvalue weighted by Crippen LogP contribution is -2.22. The number of nitrogens with zero attached hydrogens (tertiary/aromatic N) is 3. The van der Waals surface area contributed by atoms with Gasteiger partial charge in [-0.05, 0) is 32.9 Å². The van der Waals surface area contributed by atoms with Gasteiger partial charge < -0.3 is 5.32 Å². The van der Waals surface area contributed by atoms with Crippen LogP contribution in [0, 0.1) is 13.8 Å². The summed E-state index contributed by atoms with van der Waals surface area (Å²) in [6.07, 6.45) is 1.75. The Morgan fingerprint density at radius 1 is 1.39 bits per heavy atom. The van der Waals surface area contributed by atoms with E-state index in [9.17, 15) is 4.79 Å². The average Bonchev–Trinajstić information content (AvgIpc) is 2.60. The molecule has 0 aromatic carbocycles. The summed E-state index contributed by atoms with van der Waals surface area (Å²) in [5, 5.41) is 7.45.